The van der Waals surface area contributed by atoms with Gasteiger partial charge in [-0.05, 0) is 18.9 Å². The van der Waals surface area contributed by atoms with Gasteiger partial charge < -0.3 is 34.3 Å². The lowest BCUT2D eigenvalue weighted by Crippen LogP contribution is -2.44. The number of carbonyl (C=O) groups excluding carboxylic acids is 2. The van der Waals surface area contributed by atoms with Gasteiger partial charge in [0, 0.05) is 43.3 Å². The number of nitrogens with zero attached hydrogens (tertiary/aromatic N) is 3. The Labute approximate surface area is 285 Å². The number of alkyl halides is 2. The van der Waals surface area contributed by atoms with Gasteiger partial charge in [0.2, 0.25) is 13.6 Å². The first-order valence-corrected chi connectivity index (χ1v) is 19.1. The SMILES string of the molecule is CCCC(=O)OCOP(=O)(CS(=O)(=O)C[C@H]1O[C@@H](n2ccc3c(NC4CC(F)(F)C4)c(C#N)c(Cl)nc32)[C@H](O)[C@@H]1O)OCOC(=O)CCC. The van der Waals surface area contributed by atoms with Crippen molar-refractivity contribution in [3.8, 4) is 6.07 Å². The van der Waals surface area contributed by atoms with Gasteiger partial charge in [-0.3, -0.25) is 23.2 Å². The van der Waals surface area contributed by atoms with Crippen molar-refractivity contribution in [3.05, 3.63) is 23.0 Å². The molecule has 0 bridgehead atoms. The van der Waals surface area contributed by atoms with Crippen molar-refractivity contribution >= 4 is 57.7 Å². The standard InChI is InChI=1S/C28H36ClF2N4O12PS/c1-3-5-20(36)43-13-45-48(40,46-14-44-21(37)6-4-2)15-49(41,42)12-19-23(38)24(39)27(47-19)35-8-7-17-22(33-16-9-28(30,31)10-16)18(11-32)25(29)34-26(17)35/h7-8,16,19,23-24,27,38-39H,3-6,9-10,12-15H2,1-2H3,(H,33,34)/t19-,23-,24-,27-/m1/s1. The first-order valence-electron chi connectivity index (χ1n) is 15.2. The molecule has 2 aromatic heterocycles. The van der Waals surface area contributed by atoms with Gasteiger partial charge in [-0.2, -0.15) is 5.26 Å². The number of aliphatic hydroxyl groups is 2. The molecule has 1 saturated heterocycles. The van der Waals surface area contributed by atoms with Crippen LogP contribution in [0.15, 0.2) is 12.3 Å². The zero-order chi connectivity index (χ0) is 36.1. The Morgan fingerprint density at radius 3 is 2.29 bits per heavy atom. The summed E-state index contributed by atoms with van der Waals surface area (Å²) in [5, 5.41) is 34.2. The summed E-state index contributed by atoms with van der Waals surface area (Å²) >= 11 is 6.25. The van der Waals surface area contributed by atoms with Crippen LogP contribution in [0.1, 0.15) is 64.2 Å². The molecule has 16 nitrogen and oxygen atoms in total. The number of nitrogens with one attached hydrogen (secondary N) is 1. The van der Waals surface area contributed by atoms with Crippen molar-refractivity contribution in [3.63, 3.8) is 0 Å². The summed E-state index contributed by atoms with van der Waals surface area (Å²) in [6.07, 6.45) is -5.24. The van der Waals surface area contributed by atoms with Gasteiger partial charge in [-0.15, -0.1) is 0 Å². The molecule has 21 heteroatoms. The number of carbonyl (C=O) groups is 2. The number of sulfone groups is 1. The lowest BCUT2D eigenvalue weighted by atomic mass is 9.88. The Morgan fingerprint density at radius 1 is 1.16 bits per heavy atom. The number of hydrogen-bond donors (Lipinski definition) is 3. The summed E-state index contributed by atoms with van der Waals surface area (Å²) in [4.78, 5) is 27.6. The Hall–Kier alpha value is -2.95. The molecular weight excluding hydrogens is 721 g/mol. The number of halogens is 3. The van der Waals surface area contributed by atoms with Crippen molar-refractivity contribution in [2.24, 2.45) is 0 Å². The number of anilines is 1. The van der Waals surface area contributed by atoms with Gasteiger partial charge in [0.25, 0.3) is 5.92 Å². The van der Waals surface area contributed by atoms with E-state index in [4.69, 9.17) is 34.9 Å². The molecule has 0 aromatic carbocycles. The molecule has 1 aliphatic carbocycles. The highest BCUT2D eigenvalue weighted by Crippen LogP contribution is 2.50. The van der Waals surface area contributed by atoms with Crippen LogP contribution in [0.25, 0.3) is 11.0 Å². The van der Waals surface area contributed by atoms with Gasteiger partial charge in [0.05, 0.1) is 11.4 Å². The smallest absolute Gasteiger partial charge is 0.351 e. The molecule has 3 N–H and O–H groups in total. The van der Waals surface area contributed by atoms with Gasteiger partial charge >= 0.3 is 19.5 Å². The fraction of sp³-hybridized carbons (Fsp3) is 0.643. The summed E-state index contributed by atoms with van der Waals surface area (Å²) in [7, 11) is -9.19. The lowest BCUT2D eigenvalue weighted by molar-refractivity contribution is -0.152. The average molecular weight is 757 g/mol. The molecule has 1 saturated carbocycles. The normalized spacial score (nSPS) is 22.4. The fourth-order valence-corrected chi connectivity index (χ4v) is 9.65. The second-order valence-corrected chi connectivity index (χ2v) is 16.5. The molecule has 0 amide bonds. The Kier molecular flexibility index (Phi) is 12.6. The number of ether oxygens (including phenoxy) is 3. The molecule has 4 atom stereocenters. The van der Waals surface area contributed by atoms with E-state index in [0.29, 0.717) is 12.8 Å². The highest BCUT2D eigenvalue weighted by Gasteiger charge is 2.48. The molecule has 1 aliphatic heterocycles. The maximum absolute atomic E-state index is 13.5. The molecular formula is C28H36ClF2N4O12PS. The van der Waals surface area contributed by atoms with E-state index in [9.17, 15) is 46.8 Å². The van der Waals surface area contributed by atoms with Crippen LogP contribution < -0.4 is 5.32 Å². The van der Waals surface area contributed by atoms with Crippen LogP contribution >= 0.6 is 19.2 Å². The molecule has 0 radical (unpaired) electrons. The van der Waals surface area contributed by atoms with Crippen molar-refractivity contribution in [2.45, 2.75) is 88.9 Å². The molecule has 2 aromatic rings. The van der Waals surface area contributed by atoms with Crippen LogP contribution in [0, 0.1) is 11.3 Å². The van der Waals surface area contributed by atoms with E-state index < -0.39 is 104 Å². The van der Waals surface area contributed by atoms with Gasteiger partial charge in [-0.25, -0.2) is 22.2 Å². The van der Waals surface area contributed by atoms with Crippen molar-refractivity contribution < 1.29 is 64.8 Å². The van der Waals surface area contributed by atoms with E-state index in [1.807, 2.05) is 6.07 Å². The number of rotatable bonds is 17. The van der Waals surface area contributed by atoms with Crippen LogP contribution in [-0.4, -0.2) is 95.2 Å². The Bertz CT molecular complexity index is 1700. The van der Waals surface area contributed by atoms with Crippen LogP contribution in [0.2, 0.25) is 5.15 Å². The number of fused-ring (bicyclic) bond motifs is 1. The highest BCUT2D eigenvalue weighted by molar-refractivity contribution is 7.97. The quantitative estimate of drug-likeness (QED) is 0.0907. The molecule has 49 heavy (non-hydrogen) atoms. The number of hydrogen-bond acceptors (Lipinski definition) is 15. The van der Waals surface area contributed by atoms with Gasteiger partial charge in [0.1, 0.15) is 35.6 Å². The first kappa shape index (κ1) is 38.8. The minimum absolute atomic E-state index is 0.0109. The lowest BCUT2D eigenvalue weighted by Gasteiger charge is -2.36. The maximum atomic E-state index is 13.5. The van der Waals surface area contributed by atoms with Crippen LogP contribution in [-0.2, 0) is 47.2 Å². The third kappa shape index (κ3) is 9.64. The van der Waals surface area contributed by atoms with E-state index in [1.54, 1.807) is 13.8 Å². The number of aromatic nitrogens is 2. The molecule has 0 spiro atoms. The minimum atomic E-state index is -4.67. The second kappa shape index (κ2) is 15.9. The van der Waals surface area contributed by atoms with E-state index in [-0.39, 0.29) is 40.3 Å². The Balaban J connectivity index is 1.51. The second-order valence-electron chi connectivity index (χ2n) is 11.6. The maximum Gasteiger partial charge on any atom is 0.351 e. The Morgan fingerprint density at radius 2 is 1.76 bits per heavy atom. The summed E-state index contributed by atoms with van der Waals surface area (Å²) in [6, 6.07) is 2.69. The van der Waals surface area contributed by atoms with E-state index >= 15 is 0 Å². The van der Waals surface area contributed by atoms with E-state index in [1.165, 1.54) is 16.8 Å². The van der Waals surface area contributed by atoms with Crippen LogP contribution in [0.4, 0.5) is 14.5 Å². The molecule has 2 fully saturated rings. The number of esters is 2. The highest BCUT2D eigenvalue weighted by atomic mass is 35.5. The third-order valence-electron chi connectivity index (χ3n) is 7.60. The van der Waals surface area contributed by atoms with Gasteiger partial charge in [-0.1, -0.05) is 25.4 Å². The molecule has 2 aliphatic rings. The number of aliphatic hydroxyl groups excluding tert-OH is 2. The third-order valence-corrected chi connectivity index (χ3v) is 12.5. The largest absolute Gasteiger partial charge is 0.438 e. The average Bonchev–Trinajstić information content (AvgIpc) is 3.51. The predicted molar refractivity (Wildman–Crippen MR) is 167 cm³/mol. The topological polar surface area (TPSA) is 226 Å². The van der Waals surface area contributed by atoms with Gasteiger partial charge in [0.15, 0.2) is 26.7 Å². The first-order chi connectivity index (χ1) is 23.0. The van der Waals surface area contributed by atoms with Crippen molar-refractivity contribution in [1.82, 2.24) is 9.55 Å². The number of pyridine rings is 1. The summed E-state index contributed by atoms with van der Waals surface area (Å²) in [6.45, 7) is 1.56. The van der Waals surface area contributed by atoms with E-state index in [0.717, 1.165) is 0 Å². The molecule has 272 valence electrons. The summed E-state index contributed by atoms with van der Waals surface area (Å²) in [5.41, 5.74) is -1.26. The fourth-order valence-electron chi connectivity index (χ4n) is 5.21. The van der Waals surface area contributed by atoms with E-state index in [2.05, 4.69) is 10.3 Å². The zero-order valence-corrected chi connectivity index (χ0v) is 28.9. The zero-order valence-electron chi connectivity index (χ0n) is 26.4. The predicted octanol–water partition coefficient (Wildman–Crippen LogP) is 3.59. The minimum Gasteiger partial charge on any atom is -0.438 e. The summed E-state index contributed by atoms with van der Waals surface area (Å²) in [5.74, 6) is -5.27. The van der Waals surface area contributed by atoms with Crippen LogP contribution in [0.5, 0.6) is 0 Å². The van der Waals surface area contributed by atoms with Crippen LogP contribution in [0.3, 0.4) is 0 Å². The molecule has 3 heterocycles. The summed E-state index contributed by atoms with van der Waals surface area (Å²) < 4.78 is 93.6. The monoisotopic (exact) mass is 756 g/mol. The van der Waals surface area contributed by atoms with Crippen molar-refractivity contribution in [2.75, 3.05) is 30.1 Å². The molecule has 0 unspecified atom stereocenters. The van der Waals surface area contributed by atoms with Crippen molar-refractivity contribution in [1.29, 1.82) is 5.26 Å². The molecule has 4 rings (SSSR count). The number of nitriles is 1.